The zero-order valence-electron chi connectivity index (χ0n) is 13.4. The predicted molar refractivity (Wildman–Crippen MR) is 82.2 cm³/mol. The van der Waals surface area contributed by atoms with Crippen molar-refractivity contribution in [1.29, 1.82) is 0 Å². The van der Waals surface area contributed by atoms with Gasteiger partial charge in [-0.05, 0) is 48.5 Å². The summed E-state index contributed by atoms with van der Waals surface area (Å²) in [6, 6.07) is 0. The maximum Gasteiger partial charge on any atom is 0.00407 e. The molecule has 0 spiro atoms. The summed E-state index contributed by atoms with van der Waals surface area (Å²) in [5, 5.41) is 0. The number of hydrogen-bond acceptors (Lipinski definition) is 1. The lowest BCUT2D eigenvalue weighted by atomic mass is 9.63. The highest BCUT2D eigenvalue weighted by Gasteiger charge is 2.55. The van der Waals surface area contributed by atoms with Gasteiger partial charge < -0.3 is 4.90 Å². The first kappa shape index (κ1) is 13.9. The number of hydrogen-bond donors (Lipinski definition) is 0. The lowest BCUT2D eigenvalue weighted by Gasteiger charge is -2.50. The highest BCUT2D eigenvalue weighted by Crippen LogP contribution is 2.58. The Labute approximate surface area is 120 Å². The summed E-state index contributed by atoms with van der Waals surface area (Å²) in [5.41, 5.74) is 1.16. The van der Waals surface area contributed by atoms with Crippen molar-refractivity contribution >= 4 is 0 Å². The third-order valence-electron chi connectivity index (χ3n) is 7.25. The maximum atomic E-state index is 2.82. The zero-order valence-corrected chi connectivity index (χ0v) is 13.4. The summed E-state index contributed by atoms with van der Waals surface area (Å²) < 4.78 is 0. The third-order valence-corrected chi connectivity index (χ3v) is 7.25. The SMILES string of the molecule is CC1(C)C2CC[C@@]1(C)CN(CCC1CCCCC1)C2. The van der Waals surface area contributed by atoms with Gasteiger partial charge in [-0.2, -0.15) is 0 Å². The summed E-state index contributed by atoms with van der Waals surface area (Å²) in [6.07, 6.45) is 11.9. The standard InChI is InChI=1S/C18H33N/c1-17(2)16-9-11-18(17,3)14-19(13-16)12-10-15-7-5-4-6-8-15/h15-16H,4-14H2,1-3H3/t16?,18-/m0/s1. The van der Waals surface area contributed by atoms with E-state index in [1.54, 1.807) is 0 Å². The van der Waals surface area contributed by atoms with Crippen LogP contribution in [0.1, 0.15) is 72.1 Å². The number of nitrogens with zero attached hydrogens (tertiary/aromatic N) is 1. The summed E-state index contributed by atoms with van der Waals surface area (Å²) in [5.74, 6) is 2.01. The number of fused-ring (bicyclic) bond motifs is 2. The van der Waals surface area contributed by atoms with Crippen molar-refractivity contribution < 1.29 is 0 Å². The monoisotopic (exact) mass is 263 g/mol. The lowest BCUT2D eigenvalue weighted by Crippen LogP contribution is -2.52. The second-order valence-corrected chi connectivity index (χ2v) is 8.55. The van der Waals surface area contributed by atoms with Crippen LogP contribution in [-0.2, 0) is 0 Å². The molecule has 1 heteroatoms. The van der Waals surface area contributed by atoms with Crippen molar-refractivity contribution in [3.8, 4) is 0 Å². The molecule has 1 nitrogen and oxygen atoms in total. The van der Waals surface area contributed by atoms with Crippen LogP contribution in [-0.4, -0.2) is 24.5 Å². The van der Waals surface area contributed by atoms with Crippen molar-refractivity contribution in [2.24, 2.45) is 22.7 Å². The minimum absolute atomic E-state index is 0.578. The van der Waals surface area contributed by atoms with Gasteiger partial charge in [-0.1, -0.05) is 52.9 Å². The molecule has 2 saturated carbocycles. The molecule has 0 amide bonds. The smallest absolute Gasteiger partial charge is 0.00407 e. The largest absolute Gasteiger partial charge is 0.302 e. The van der Waals surface area contributed by atoms with Crippen LogP contribution >= 0.6 is 0 Å². The van der Waals surface area contributed by atoms with Crippen LogP contribution in [0.15, 0.2) is 0 Å². The first-order chi connectivity index (χ1) is 9.01. The molecule has 0 N–H and O–H groups in total. The Morgan fingerprint density at radius 2 is 1.74 bits per heavy atom. The molecule has 1 heterocycles. The van der Waals surface area contributed by atoms with Crippen LogP contribution in [0.2, 0.25) is 0 Å². The molecule has 1 aliphatic heterocycles. The Kier molecular flexibility index (Phi) is 3.71. The Morgan fingerprint density at radius 1 is 1.00 bits per heavy atom. The van der Waals surface area contributed by atoms with Crippen molar-refractivity contribution in [1.82, 2.24) is 4.90 Å². The van der Waals surface area contributed by atoms with E-state index < -0.39 is 0 Å². The molecule has 2 atom stereocenters. The molecule has 19 heavy (non-hydrogen) atoms. The Hall–Kier alpha value is -0.0400. The molecular weight excluding hydrogens is 230 g/mol. The first-order valence-electron chi connectivity index (χ1n) is 8.74. The van der Waals surface area contributed by atoms with Gasteiger partial charge >= 0.3 is 0 Å². The van der Waals surface area contributed by atoms with Crippen LogP contribution < -0.4 is 0 Å². The van der Waals surface area contributed by atoms with E-state index in [4.69, 9.17) is 0 Å². The van der Waals surface area contributed by atoms with Gasteiger partial charge in [-0.3, -0.25) is 0 Å². The van der Waals surface area contributed by atoms with Crippen molar-refractivity contribution in [2.45, 2.75) is 72.1 Å². The van der Waals surface area contributed by atoms with Gasteiger partial charge in [0, 0.05) is 13.1 Å². The molecule has 3 fully saturated rings. The molecule has 0 radical (unpaired) electrons. The summed E-state index contributed by atoms with van der Waals surface area (Å²) in [4.78, 5) is 2.82. The molecular formula is C18H33N. The first-order valence-corrected chi connectivity index (χ1v) is 8.74. The molecule has 0 aromatic rings. The van der Waals surface area contributed by atoms with Crippen LogP contribution in [0.3, 0.4) is 0 Å². The molecule has 0 aromatic heterocycles. The van der Waals surface area contributed by atoms with Gasteiger partial charge in [0.2, 0.25) is 0 Å². The van der Waals surface area contributed by atoms with Gasteiger partial charge in [-0.15, -0.1) is 0 Å². The zero-order chi connectivity index (χ0) is 13.5. The fourth-order valence-electron chi connectivity index (χ4n) is 5.15. The molecule has 0 aromatic carbocycles. The van der Waals surface area contributed by atoms with E-state index in [2.05, 4.69) is 25.7 Å². The number of likely N-dealkylation sites (tertiary alicyclic amines) is 1. The van der Waals surface area contributed by atoms with Gasteiger partial charge in [0.25, 0.3) is 0 Å². The van der Waals surface area contributed by atoms with Gasteiger partial charge in [-0.25, -0.2) is 0 Å². The van der Waals surface area contributed by atoms with E-state index in [-0.39, 0.29) is 0 Å². The minimum atomic E-state index is 0.578. The quantitative estimate of drug-likeness (QED) is 0.712. The second kappa shape index (κ2) is 5.06. The highest BCUT2D eigenvalue weighted by molar-refractivity contribution is 5.05. The summed E-state index contributed by atoms with van der Waals surface area (Å²) >= 11 is 0. The normalized spacial score (nSPS) is 39.6. The fourth-order valence-corrected chi connectivity index (χ4v) is 5.15. The average molecular weight is 263 g/mol. The molecule has 1 saturated heterocycles. The van der Waals surface area contributed by atoms with E-state index >= 15 is 0 Å². The summed E-state index contributed by atoms with van der Waals surface area (Å²) in [6.45, 7) is 11.7. The van der Waals surface area contributed by atoms with Gasteiger partial charge in [0.15, 0.2) is 0 Å². The van der Waals surface area contributed by atoms with E-state index in [1.807, 2.05) is 0 Å². The van der Waals surface area contributed by atoms with E-state index in [1.165, 1.54) is 71.0 Å². The molecule has 1 unspecified atom stereocenters. The van der Waals surface area contributed by atoms with Gasteiger partial charge in [0.1, 0.15) is 0 Å². The molecule has 2 bridgehead atoms. The van der Waals surface area contributed by atoms with Gasteiger partial charge in [0.05, 0.1) is 0 Å². The Balaban J connectivity index is 1.54. The van der Waals surface area contributed by atoms with Crippen LogP contribution in [0, 0.1) is 22.7 Å². The lowest BCUT2D eigenvalue weighted by molar-refractivity contribution is -0.0197. The molecule has 3 rings (SSSR count). The van der Waals surface area contributed by atoms with Crippen LogP contribution in [0.25, 0.3) is 0 Å². The third kappa shape index (κ3) is 2.48. The molecule has 2 aliphatic carbocycles. The van der Waals surface area contributed by atoms with Crippen molar-refractivity contribution in [3.05, 3.63) is 0 Å². The van der Waals surface area contributed by atoms with E-state index in [0.717, 1.165) is 11.8 Å². The second-order valence-electron chi connectivity index (χ2n) is 8.55. The topological polar surface area (TPSA) is 3.24 Å². The summed E-state index contributed by atoms with van der Waals surface area (Å²) in [7, 11) is 0. The number of rotatable bonds is 3. The van der Waals surface area contributed by atoms with Crippen LogP contribution in [0.4, 0.5) is 0 Å². The Morgan fingerprint density at radius 3 is 2.42 bits per heavy atom. The maximum absolute atomic E-state index is 2.82. The van der Waals surface area contributed by atoms with Crippen molar-refractivity contribution in [2.75, 3.05) is 19.6 Å². The Bertz CT molecular complexity index is 316. The van der Waals surface area contributed by atoms with E-state index in [0.29, 0.717) is 10.8 Å². The minimum Gasteiger partial charge on any atom is -0.302 e. The fraction of sp³-hybridized carbons (Fsp3) is 1.00. The van der Waals surface area contributed by atoms with E-state index in [9.17, 15) is 0 Å². The van der Waals surface area contributed by atoms with Crippen LogP contribution in [0.5, 0.6) is 0 Å². The van der Waals surface area contributed by atoms with Crippen molar-refractivity contribution in [3.63, 3.8) is 0 Å². The average Bonchev–Trinajstić information content (AvgIpc) is 2.56. The highest BCUT2D eigenvalue weighted by atomic mass is 15.2. The number of piperidine rings is 1. The predicted octanol–water partition coefficient (Wildman–Crippen LogP) is 4.71. The molecule has 110 valence electrons. The molecule has 3 aliphatic rings.